The Labute approximate surface area is 58.9 Å². The summed E-state index contributed by atoms with van der Waals surface area (Å²) >= 11 is 3.99. The number of furan rings is 1. The summed E-state index contributed by atoms with van der Waals surface area (Å²) in [6.45, 7) is 3.46. The standard InChI is InChI=1S/C6H8O2S/c1-3-5(7)6(9)4(2)8-3/h7,9H,1-2H3. The van der Waals surface area contributed by atoms with E-state index in [2.05, 4.69) is 12.6 Å². The molecule has 9 heavy (non-hydrogen) atoms. The van der Waals surface area contributed by atoms with Crippen molar-refractivity contribution in [2.45, 2.75) is 18.7 Å². The van der Waals surface area contributed by atoms with Gasteiger partial charge in [-0.15, -0.1) is 12.6 Å². The zero-order valence-electron chi connectivity index (χ0n) is 5.30. The van der Waals surface area contributed by atoms with Crippen LogP contribution < -0.4 is 0 Å². The van der Waals surface area contributed by atoms with Crippen molar-refractivity contribution >= 4 is 12.6 Å². The number of aryl methyl sites for hydroxylation is 2. The molecular weight excluding hydrogens is 136 g/mol. The van der Waals surface area contributed by atoms with Crippen molar-refractivity contribution < 1.29 is 9.52 Å². The third-order valence-corrected chi connectivity index (χ3v) is 1.72. The number of hydrogen-bond donors (Lipinski definition) is 2. The van der Waals surface area contributed by atoms with Gasteiger partial charge < -0.3 is 9.52 Å². The lowest BCUT2D eigenvalue weighted by Gasteiger charge is -1.83. The van der Waals surface area contributed by atoms with Gasteiger partial charge in [-0.2, -0.15) is 0 Å². The van der Waals surface area contributed by atoms with Crippen LogP contribution in [0.2, 0.25) is 0 Å². The topological polar surface area (TPSA) is 33.4 Å². The molecule has 0 unspecified atom stereocenters. The Morgan fingerprint density at radius 1 is 1.33 bits per heavy atom. The van der Waals surface area contributed by atoms with Crippen molar-refractivity contribution in [1.82, 2.24) is 0 Å². The van der Waals surface area contributed by atoms with E-state index in [-0.39, 0.29) is 5.75 Å². The molecule has 0 saturated heterocycles. The van der Waals surface area contributed by atoms with E-state index < -0.39 is 0 Å². The van der Waals surface area contributed by atoms with E-state index in [4.69, 9.17) is 9.52 Å². The Hall–Kier alpha value is -0.570. The maximum atomic E-state index is 9.06. The Bertz CT molecular complexity index is 205. The molecule has 0 saturated carbocycles. The van der Waals surface area contributed by atoms with E-state index >= 15 is 0 Å². The Morgan fingerprint density at radius 2 is 1.89 bits per heavy atom. The lowest BCUT2D eigenvalue weighted by atomic mass is 10.4. The van der Waals surface area contributed by atoms with Crippen LogP contribution in [0.5, 0.6) is 5.75 Å². The molecule has 0 atom stereocenters. The van der Waals surface area contributed by atoms with Gasteiger partial charge in [0.15, 0.2) is 5.75 Å². The second-order valence-electron chi connectivity index (χ2n) is 1.91. The van der Waals surface area contributed by atoms with Gasteiger partial charge in [-0.1, -0.05) is 0 Å². The lowest BCUT2D eigenvalue weighted by Crippen LogP contribution is -1.62. The molecule has 3 heteroatoms. The molecule has 50 valence electrons. The van der Waals surface area contributed by atoms with Crippen LogP contribution in [0, 0.1) is 13.8 Å². The second-order valence-corrected chi connectivity index (χ2v) is 2.36. The molecule has 0 spiro atoms. The molecule has 1 aromatic rings. The van der Waals surface area contributed by atoms with Gasteiger partial charge in [0, 0.05) is 0 Å². The molecule has 0 bridgehead atoms. The maximum Gasteiger partial charge on any atom is 0.170 e. The largest absolute Gasteiger partial charge is 0.504 e. The minimum absolute atomic E-state index is 0.149. The first-order valence-electron chi connectivity index (χ1n) is 2.61. The Kier molecular flexibility index (Phi) is 1.45. The fraction of sp³-hybridized carbons (Fsp3) is 0.333. The van der Waals surface area contributed by atoms with Crippen LogP contribution in [0.1, 0.15) is 11.5 Å². The van der Waals surface area contributed by atoms with Crippen LogP contribution in [0.25, 0.3) is 0 Å². The van der Waals surface area contributed by atoms with Gasteiger partial charge in [0.05, 0.1) is 4.90 Å². The molecule has 0 aliphatic heterocycles. The minimum Gasteiger partial charge on any atom is -0.504 e. The molecule has 0 aliphatic rings. The van der Waals surface area contributed by atoms with Crippen molar-refractivity contribution in [1.29, 1.82) is 0 Å². The van der Waals surface area contributed by atoms with Crippen LogP contribution in [0.15, 0.2) is 9.31 Å². The van der Waals surface area contributed by atoms with Crippen molar-refractivity contribution in [2.75, 3.05) is 0 Å². The van der Waals surface area contributed by atoms with Gasteiger partial charge in [0.1, 0.15) is 11.5 Å². The Morgan fingerprint density at radius 3 is 2.00 bits per heavy atom. The molecular formula is C6H8O2S. The maximum absolute atomic E-state index is 9.06. The summed E-state index contributed by atoms with van der Waals surface area (Å²) in [6, 6.07) is 0. The van der Waals surface area contributed by atoms with Gasteiger partial charge in [-0.3, -0.25) is 0 Å². The highest BCUT2D eigenvalue weighted by molar-refractivity contribution is 7.80. The van der Waals surface area contributed by atoms with Crippen LogP contribution in [0.3, 0.4) is 0 Å². The number of thiol groups is 1. The predicted octanol–water partition coefficient (Wildman–Crippen LogP) is 1.89. The van der Waals surface area contributed by atoms with Crippen LogP contribution in [-0.2, 0) is 0 Å². The van der Waals surface area contributed by atoms with Crippen LogP contribution >= 0.6 is 12.6 Å². The average Bonchev–Trinajstić information content (AvgIpc) is 1.98. The van der Waals surface area contributed by atoms with E-state index in [1.807, 2.05) is 0 Å². The van der Waals surface area contributed by atoms with Crippen molar-refractivity contribution in [3.05, 3.63) is 11.5 Å². The first kappa shape index (κ1) is 6.55. The third-order valence-electron chi connectivity index (χ3n) is 1.20. The number of rotatable bonds is 0. The summed E-state index contributed by atoms with van der Waals surface area (Å²) < 4.78 is 5.02. The van der Waals surface area contributed by atoms with E-state index in [9.17, 15) is 0 Å². The van der Waals surface area contributed by atoms with E-state index in [0.717, 1.165) is 0 Å². The summed E-state index contributed by atoms with van der Waals surface area (Å²) in [7, 11) is 0. The van der Waals surface area contributed by atoms with E-state index in [0.29, 0.717) is 16.4 Å². The molecule has 0 radical (unpaired) electrons. The summed E-state index contributed by atoms with van der Waals surface area (Å²) in [5.41, 5.74) is 0. The van der Waals surface area contributed by atoms with Crippen molar-refractivity contribution in [2.24, 2.45) is 0 Å². The summed E-state index contributed by atoms with van der Waals surface area (Å²) in [4.78, 5) is 0.535. The number of aromatic hydroxyl groups is 1. The molecule has 1 aromatic heterocycles. The molecule has 1 N–H and O–H groups in total. The highest BCUT2D eigenvalue weighted by Crippen LogP contribution is 2.30. The molecule has 1 heterocycles. The predicted molar refractivity (Wildman–Crippen MR) is 37.1 cm³/mol. The second kappa shape index (κ2) is 1.99. The van der Waals surface area contributed by atoms with Gasteiger partial charge in [0.2, 0.25) is 0 Å². The zero-order chi connectivity index (χ0) is 7.02. The molecule has 0 aromatic carbocycles. The van der Waals surface area contributed by atoms with Gasteiger partial charge in [0.25, 0.3) is 0 Å². The van der Waals surface area contributed by atoms with Crippen LogP contribution in [-0.4, -0.2) is 5.11 Å². The third kappa shape index (κ3) is 0.920. The zero-order valence-corrected chi connectivity index (χ0v) is 6.20. The fourth-order valence-corrected chi connectivity index (χ4v) is 0.863. The molecule has 0 aliphatic carbocycles. The SMILES string of the molecule is Cc1oc(C)c(S)c1O. The quantitative estimate of drug-likeness (QED) is 0.545. The normalized spacial score (nSPS) is 10.1. The van der Waals surface area contributed by atoms with E-state index in [1.165, 1.54) is 0 Å². The first-order chi connectivity index (χ1) is 4.13. The summed E-state index contributed by atoms with van der Waals surface area (Å²) in [5, 5.41) is 9.06. The monoisotopic (exact) mass is 144 g/mol. The average molecular weight is 144 g/mol. The summed E-state index contributed by atoms with van der Waals surface area (Å²) in [6.07, 6.45) is 0. The minimum atomic E-state index is 0.149. The smallest absolute Gasteiger partial charge is 0.170 e. The molecule has 2 nitrogen and oxygen atoms in total. The molecule has 1 rings (SSSR count). The highest BCUT2D eigenvalue weighted by atomic mass is 32.1. The van der Waals surface area contributed by atoms with Crippen molar-refractivity contribution in [3.63, 3.8) is 0 Å². The lowest BCUT2D eigenvalue weighted by molar-refractivity contribution is 0.435. The first-order valence-corrected chi connectivity index (χ1v) is 3.05. The molecule has 0 amide bonds. The van der Waals surface area contributed by atoms with Crippen molar-refractivity contribution in [3.8, 4) is 5.75 Å². The van der Waals surface area contributed by atoms with Gasteiger partial charge in [-0.25, -0.2) is 0 Å². The fourth-order valence-electron chi connectivity index (χ4n) is 0.660. The van der Waals surface area contributed by atoms with Crippen LogP contribution in [0.4, 0.5) is 0 Å². The summed E-state index contributed by atoms with van der Waals surface area (Å²) in [5.74, 6) is 1.33. The number of hydrogen-bond acceptors (Lipinski definition) is 3. The Balaban J connectivity index is 3.29. The van der Waals surface area contributed by atoms with Gasteiger partial charge in [-0.05, 0) is 13.8 Å². The molecule has 0 fully saturated rings. The highest BCUT2D eigenvalue weighted by Gasteiger charge is 2.08. The van der Waals surface area contributed by atoms with E-state index in [1.54, 1.807) is 13.8 Å². The van der Waals surface area contributed by atoms with Gasteiger partial charge >= 0.3 is 0 Å².